The summed E-state index contributed by atoms with van der Waals surface area (Å²) in [6.45, 7) is 8.01. The highest BCUT2D eigenvalue weighted by Crippen LogP contribution is 2.50. The van der Waals surface area contributed by atoms with Gasteiger partial charge in [0.2, 0.25) is 5.91 Å². The number of amides is 1. The van der Waals surface area contributed by atoms with E-state index in [2.05, 4.69) is 45.0 Å². The van der Waals surface area contributed by atoms with Gasteiger partial charge in [-0.2, -0.15) is 0 Å². The molecule has 1 heterocycles. The fraction of sp³-hybridized carbons (Fsp3) is 0.632. The molecule has 1 N–H and O–H groups in total. The lowest BCUT2D eigenvalue weighted by Gasteiger charge is -2.33. The maximum atomic E-state index is 12.9. The van der Waals surface area contributed by atoms with E-state index in [9.17, 15) is 9.90 Å². The molecule has 1 aliphatic carbocycles. The molecule has 0 atom stereocenters. The number of aliphatic hydroxyl groups excluding tert-OH is 1. The summed E-state index contributed by atoms with van der Waals surface area (Å²) in [4.78, 5) is 14.9. The number of nitrogens with zero attached hydrogens (tertiary/aromatic N) is 1. The second-order valence-corrected chi connectivity index (χ2v) is 7.93. The largest absolute Gasteiger partial charge is 0.393 e. The zero-order valence-electron chi connectivity index (χ0n) is 13.9. The lowest BCUT2D eigenvalue weighted by Crippen LogP contribution is -2.45. The van der Waals surface area contributed by atoms with Crippen molar-refractivity contribution >= 4 is 5.91 Å². The summed E-state index contributed by atoms with van der Waals surface area (Å²) >= 11 is 0. The first-order valence-electron chi connectivity index (χ1n) is 8.41. The summed E-state index contributed by atoms with van der Waals surface area (Å²) < 4.78 is 0. The van der Waals surface area contributed by atoms with Crippen LogP contribution in [0.2, 0.25) is 0 Å². The van der Waals surface area contributed by atoms with E-state index in [0.29, 0.717) is 25.9 Å². The summed E-state index contributed by atoms with van der Waals surface area (Å²) in [5, 5.41) is 9.61. The van der Waals surface area contributed by atoms with Gasteiger partial charge in [-0.25, -0.2) is 0 Å². The normalized spacial score (nSPS) is 21.7. The number of carbonyl (C=O) groups is 1. The van der Waals surface area contributed by atoms with Gasteiger partial charge in [0.05, 0.1) is 11.5 Å². The lowest BCUT2D eigenvalue weighted by atomic mass is 9.84. The van der Waals surface area contributed by atoms with Gasteiger partial charge in [0, 0.05) is 13.1 Å². The number of piperidine rings is 1. The van der Waals surface area contributed by atoms with Gasteiger partial charge in [-0.15, -0.1) is 0 Å². The molecule has 1 saturated carbocycles. The number of hydrogen-bond donors (Lipinski definition) is 1. The van der Waals surface area contributed by atoms with Crippen LogP contribution in [0.25, 0.3) is 0 Å². The zero-order chi connectivity index (χ0) is 16.0. The van der Waals surface area contributed by atoms with Crippen LogP contribution in [0.4, 0.5) is 0 Å². The minimum atomic E-state index is -0.279. The Labute approximate surface area is 133 Å². The van der Waals surface area contributed by atoms with E-state index in [1.54, 1.807) is 0 Å². The van der Waals surface area contributed by atoms with Crippen molar-refractivity contribution in [3.05, 3.63) is 35.4 Å². The summed E-state index contributed by atoms with van der Waals surface area (Å²) in [6, 6.07) is 8.62. The number of benzene rings is 1. The van der Waals surface area contributed by atoms with Gasteiger partial charge >= 0.3 is 0 Å². The Hall–Kier alpha value is -1.35. The molecule has 1 saturated heterocycles. The predicted octanol–water partition coefficient (Wildman–Crippen LogP) is 3.00. The van der Waals surface area contributed by atoms with Crippen LogP contribution in [0, 0.1) is 0 Å². The molecule has 3 rings (SSSR count). The van der Waals surface area contributed by atoms with Gasteiger partial charge in [-0.05, 0) is 42.2 Å². The maximum absolute atomic E-state index is 12.9. The first-order chi connectivity index (χ1) is 10.3. The quantitative estimate of drug-likeness (QED) is 0.912. The fourth-order valence-electron chi connectivity index (χ4n) is 3.41. The van der Waals surface area contributed by atoms with E-state index >= 15 is 0 Å². The third-order valence-electron chi connectivity index (χ3n) is 5.21. The van der Waals surface area contributed by atoms with Gasteiger partial charge in [-0.3, -0.25) is 4.79 Å². The highest BCUT2D eigenvalue weighted by atomic mass is 16.3. The average Bonchev–Trinajstić information content (AvgIpc) is 3.28. The smallest absolute Gasteiger partial charge is 0.233 e. The number of likely N-dealkylation sites (tertiary alicyclic amines) is 1. The highest BCUT2D eigenvalue weighted by Gasteiger charge is 2.53. The van der Waals surface area contributed by atoms with Gasteiger partial charge in [-0.1, -0.05) is 45.0 Å². The molecule has 0 unspecified atom stereocenters. The van der Waals surface area contributed by atoms with Crippen molar-refractivity contribution in [1.82, 2.24) is 4.90 Å². The molecule has 3 nitrogen and oxygen atoms in total. The second-order valence-electron chi connectivity index (χ2n) is 7.93. The minimum absolute atomic E-state index is 0.141. The van der Waals surface area contributed by atoms with Crippen LogP contribution in [0.5, 0.6) is 0 Å². The number of aliphatic hydroxyl groups is 1. The summed E-state index contributed by atoms with van der Waals surface area (Å²) in [5.74, 6) is 0.267. The fourth-order valence-corrected chi connectivity index (χ4v) is 3.41. The zero-order valence-corrected chi connectivity index (χ0v) is 13.9. The molecule has 22 heavy (non-hydrogen) atoms. The average molecular weight is 301 g/mol. The molecule has 0 aromatic heterocycles. The van der Waals surface area contributed by atoms with Crippen molar-refractivity contribution in [3.63, 3.8) is 0 Å². The lowest BCUT2D eigenvalue weighted by molar-refractivity contribution is -0.136. The standard InChI is InChI=1S/C19H27NO2/c1-18(2,3)14-4-6-15(7-5-14)19(10-11-19)17(22)20-12-8-16(21)9-13-20/h4-7,16,21H,8-13H2,1-3H3. The molecule has 1 aliphatic heterocycles. The predicted molar refractivity (Wildman–Crippen MR) is 87.9 cm³/mol. The van der Waals surface area contributed by atoms with E-state index in [-0.39, 0.29) is 22.8 Å². The van der Waals surface area contributed by atoms with Gasteiger partial charge in [0.15, 0.2) is 0 Å². The van der Waals surface area contributed by atoms with Gasteiger partial charge in [0.25, 0.3) is 0 Å². The van der Waals surface area contributed by atoms with Crippen LogP contribution >= 0.6 is 0 Å². The third kappa shape index (κ3) is 2.79. The van der Waals surface area contributed by atoms with Gasteiger partial charge < -0.3 is 10.0 Å². The molecule has 0 spiro atoms. The molecule has 1 aromatic carbocycles. The Balaban J connectivity index is 1.77. The molecule has 2 aliphatic rings. The molecule has 0 radical (unpaired) electrons. The van der Waals surface area contributed by atoms with Crippen LogP contribution in [-0.4, -0.2) is 35.1 Å². The topological polar surface area (TPSA) is 40.5 Å². The van der Waals surface area contributed by atoms with E-state index in [1.165, 1.54) is 5.56 Å². The Bertz CT molecular complexity index is 544. The molecule has 1 aromatic rings. The molecule has 1 amide bonds. The molecule has 3 heteroatoms. The van der Waals surface area contributed by atoms with E-state index in [4.69, 9.17) is 0 Å². The molecule has 120 valence electrons. The van der Waals surface area contributed by atoms with E-state index < -0.39 is 0 Å². The van der Waals surface area contributed by atoms with Crippen molar-refractivity contribution in [2.75, 3.05) is 13.1 Å². The third-order valence-corrected chi connectivity index (χ3v) is 5.21. The van der Waals surface area contributed by atoms with Crippen LogP contribution in [0.1, 0.15) is 57.6 Å². The Morgan fingerprint density at radius 2 is 1.68 bits per heavy atom. The van der Waals surface area contributed by atoms with Crippen molar-refractivity contribution in [3.8, 4) is 0 Å². The highest BCUT2D eigenvalue weighted by molar-refractivity contribution is 5.91. The van der Waals surface area contributed by atoms with E-state index in [1.807, 2.05) is 4.90 Å². The summed E-state index contributed by atoms with van der Waals surface area (Å²) in [6.07, 6.45) is 3.11. The first kappa shape index (κ1) is 15.5. The number of hydrogen-bond acceptors (Lipinski definition) is 2. The first-order valence-corrected chi connectivity index (χ1v) is 8.41. The summed E-state index contributed by atoms with van der Waals surface area (Å²) in [5.41, 5.74) is 2.33. The minimum Gasteiger partial charge on any atom is -0.393 e. The molecular weight excluding hydrogens is 274 g/mol. The van der Waals surface area contributed by atoms with Crippen LogP contribution in [0.15, 0.2) is 24.3 Å². The number of rotatable bonds is 2. The monoisotopic (exact) mass is 301 g/mol. The molecule has 0 bridgehead atoms. The maximum Gasteiger partial charge on any atom is 0.233 e. The second kappa shape index (κ2) is 5.38. The van der Waals surface area contributed by atoms with Crippen molar-refractivity contribution in [2.45, 2.75) is 63.4 Å². The van der Waals surface area contributed by atoms with Crippen LogP contribution < -0.4 is 0 Å². The van der Waals surface area contributed by atoms with Crippen LogP contribution in [0.3, 0.4) is 0 Å². The Morgan fingerprint density at radius 3 is 2.14 bits per heavy atom. The van der Waals surface area contributed by atoms with Crippen molar-refractivity contribution in [1.29, 1.82) is 0 Å². The Kier molecular flexibility index (Phi) is 3.80. The SMILES string of the molecule is CC(C)(C)c1ccc(C2(C(=O)N3CCC(O)CC3)CC2)cc1. The summed E-state index contributed by atoms with van der Waals surface area (Å²) in [7, 11) is 0. The van der Waals surface area contributed by atoms with Gasteiger partial charge in [0.1, 0.15) is 0 Å². The number of carbonyl (C=O) groups excluding carboxylic acids is 1. The van der Waals surface area contributed by atoms with Crippen LogP contribution in [-0.2, 0) is 15.6 Å². The van der Waals surface area contributed by atoms with E-state index in [0.717, 1.165) is 18.4 Å². The Morgan fingerprint density at radius 1 is 1.14 bits per heavy atom. The molecule has 2 fully saturated rings. The van der Waals surface area contributed by atoms with Crippen molar-refractivity contribution < 1.29 is 9.90 Å². The molecular formula is C19H27NO2. The van der Waals surface area contributed by atoms with Crippen molar-refractivity contribution in [2.24, 2.45) is 0 Å².